The van der Waals surface area contributed by atoms with E-state index in [9.17, 15) is 4.79 Å². The van der Waals surface area contributed by atoms with E-state index in [1.165, 1.54) is 6.33 Å². The molecule has 15 heavy (non-hydrogen) atoms. The molecule has 76 valence electrons. The molecule has 0 aliphatic carbocycles. The Kier molecular flexibility index (Phi) is 2.33. The number of ketones is 1. The summed E-state index contributed by atoms with van der Waals surface area (Å²) in [5.74, 6) is 0.0522. The zero-order chi connectivity index (χ0) is 10.8. The van der Waals surface area contributed by atoms with Crippen molar-refractivity contribution in [3.05, 3.63) is 42.0 Å². The molecule has 0 saturated carbocycles. The van der Waals surface area contributed by atoms with Gasteiger partial charge >= 0.3 is 0 Å². The lowest BCUT2D eigenvalue weighted by Crippen LogP contribution is -2.01. The summed E-state index contributed by atoms with van der Waals surface area (Å²) in [7, 11) is 0. The van der Waals surface area contributed by atoms with Crippen molar-refractivity contribution >= 4 is 5.78 Å². The zero-order valence-electron chi connectivity index (χ0n) is 8.64. The van der Waals surface area contributed by atoms with E-state index in [2.05, 4.69) is 10.1 Å². The van der Waals surface area contributed by atoms with Gasteiger partial charge in [0, 0.05) is 5.56 Å². The van der Waals surface area contributed by atoms with Crippen molar-refractivity contribution < 1.29 is 4.79 Å². The molecule has 4 heteroatoms. The maximum Gasteiger partial charge on any atom is 0.159 e. The first kappa shape index (κ1) is 9.58. The van der Waals surface area contributed by atoms with Crippen LogP contribution < -0.4 is 0 Å². The smallest absolute Gasteiger partial charge is 0.159 e. The average Bonchev–Trinajstić information content (AvgIpc) is 2.71. The SMILES string of the molecule is CC(=O)c1ccc(C)c(-n2cncn2)c1. The van der Waals surface area contributed by atoms with Gasteiger partial charge in [0.1, 0.15) is 12.7 Å². The van der Waals surface area contributed by atoms with Crippen molar-refractivity contribution in [2.24, 2.45) is 0 Å². The first-order valence-electron chi connectivity index (χ1n) is 4.65. The molecule has 2 aromatic rings. The average molecular weight is 201 g/mol. The van der Waals surface area contributed by atoms with Gasteiger partial charge in [-0.05, 0) is 25.5 Å². The molecule has 1 heterocycles. The number of Topliss-reactive ketones (excluding diaryl/α,β-unsaturated/α-hetero) is 1. The lowest BCUT2D eigenvalue weighted by Gasteiger charge is -2.06. The Morgan fingerprint density at radius 1 is 1.40 bits per heavy atom. The van der Waals surface area contributed by atoms with Crippen molar-refractivity contribution in [2.45, 2.75) is 13.8 Å². The van der Waals surface area contributed by atoms with E-state index < -0.39 is 0 Å². The highest BCUT2D eigenvalue weighted by Gasteiger charge is 2.05. The lowest BCUT2D eigenvalue weighted by molar-refractivity contribution is 0.101. The molecule has 0 atom stereocenters. The highest BCUT2D eigenvalue weighted by molar-refractivity contribution is 5.94. The summed E-state index contributed by atoms with van der Waals surface area (Å²) in [5.41, 5.74) is 2.64. The number of aromatic nitrogens is 3. The first-order chi connectivity index (χ1) is 7.18. The number of carbonyl (C=O) groups is 1. The van der Waals surface area contributed by atoms with Crippen LogP contribution in [-0.4, -0.2) is 20.5 Å². The quantitative estimate of drug-likeness (QED) is 0.696. The van der Waals surface area contributed by atoms with Crippen LogP contribution >= 0.6 is 0 Å². The van der Waals surface area contributed by atoms with E-state index >= 15 is 0 Å². The molecule has 0 amide bonds. The van der Waals surface area contributed by atoms with Crippen LogP contribution in [0.25, 0.3) is 5.69 Å². The van der Waals surface area contributed by atoms with E-state index in [0.717, 1.165) is 11.3 Å². The monoisotopic (exact) mass is 201 g/mol. The van der Waals surface area contributed by atoms with Crippen molar-refractivity contribution in [3.63, 3.8) is 0 Å². The summed E-state index contributed by atoms with van der Waals surface area (Å²) in [4.78, 5) is 15.1. The van der Waals surface area contributed by atoms with Crippen molar-refractivity contribution in [2.75, 3.05) is 0 Å². The lowest BCUT2D eigenvalue weighted by atomic mass is 10.1. The molecular formula is C11H11N3O. The number of carbonyl (C=O) groups excluding carboxylic acids is 1. The van der Waals surface area contributed by atoms with E-state index in [1.807, 2.05) is 25.1 Å². The Bertz CT molecular complexity index is 489. The molecule has 0 radical (unpaired) electrons. The van der Waals surface area contributed by atoms with Crippen LogP contribution in [0.1, 0.15) is 22.8 Å². The molecule has 0 aliphatic heterocycles. The number of benzene rings is 1. The minimum absolute atomic E-state index is 0.0522. The fourth-order valence-electron chi connectivity index (χ4n) is 1.41. The van der Waals surface area contributed by atoms with E-state index in [4.69, 9.17) is 0 Å². The van der Waals surface area contributed by atoms with Gasteiger partial charge in [-0.2, -0.15) is 5.10 Å². The first-order valence-corrected chi connectivity index (χ1v) is 4.65. The molecule has 4 nitrogen and oxygen atoms in total. The molecule has 0 bridgehead atoms. The van der Waals surface area contributed by atoms with Crippen molar-refractivity contribution in [3.8, 4) is 5.69 Å². The van der Waals surface area contributed by atoms with Gasteiger partial charge in [0.15, 0.2) is 5.78 Å². The van der Waals surface area contributed by atoms with E-state index in [-0.39, 0.29) is 5.78 Å². The fourth-order valence-corrected chi connectivity index (χ4v) is 1.41. The zero-order valence-corrected chi connectivity index (χ0v) is 8.64. The second-order valence-corrected chi connectivity index (χ2v) is 3.40. The van der Waals surface area contributed by atoms with Gasteiger partial charge in [-0.15, -0.1) is 0 Å². The molecular weight excluding hydrogens is 190 g/mol. The molecule has 0 fully saturated rings. The number of hydrogen-bond donors (Lipinski definition) is 0. The molecule has 0 saturated heterocycles. The van der Waals surface area contributed by atoms with Gasteiger partial charge in [-0.1, -0.05) is 12.1 Å². The standard InChI is InChI=1S/C11H11N3O/c1-8-3-4-10(9(2)15)5-11(8)14-7-12-6-13-14/h3-7H,1-2H3. The minimum Gasteiger partial charge on any atom is -0.295 e. The number of aryl methyl sites for hydroxylation is 1. The molecule has 0 unspecified atom stereocenters. The summed E-state index contributed by atoms with van der Waals surface area (Å²) in [5, 5.41) is 4.04. The summed E-state index contributed by atoms with van der Waals surface area (Å²) in [6.07, 6.45) is 3.09. The Morgan fingerprint density at radius 3 is 2.80 bits per heavy atom. The predicted octanol–water partition coefficient (Wildman–Crippen LogP) is 1.78. The summed E-state index contributed by atoms with van der Waals surface area (Å²) < 4.78 is 1.65. The van der Waals surface area contributed by atoms with Gasteiger partial charge < -0.3 is 0 Å². The van der Waals surface area contributed by atoms with E-state index in [0.29, 0.717) is 5.56 Å². The van der Waals surface area contributed by atoms with Crippen LogP contribution in [0.5, 0.6) is 0 Å². The Hall–Kier alpha value is -1.97. The van der Waals surface area contributed by atoms with Crippen molar-refractivity contribution in [1.82, 2.24) is 14.8 Å². The Labute approximate surface area is 87.6 Å². The summed E-state index contributed by atoms with van der Waals surface area (Å²) >= 11 is 0. The molecule has 0 N–H and O–H groups in total. The van der Waals surface area contributed by atoms with Crippen LogP contribution in [0, 0.1) is 6.92 Å². The van der Waals surface area contributed by atoms with Gasteiger partial charge in [-0.25, -0.2) is 9.67 Å². The molecule has 0 spiro atoms. The number of hydrogen-bond acceptors (Lipinski definition) is 3. The number of rotatable bonds is 2. The Morgan fingerprint density at radius 2 is 2.20 bits per heavy atom. The fraction of sp³-hybridized carbons (Fsp3) is 0.182. The maximum absolute atomic E-state index is 11.2. The van der Waals surface area contributed by atoms with E-state index in [1.54, 1.807) is 17.9 Å². The molecule has 2 rings (SSSR count). The van der Waals surface area contributed by atoms with Crippen LogP contribution in [0.15, 0.2) is 30.9 Å². The topological polar surface area (TPSA) is 47.8 Å². The highest BCUT2D eigenvalue weighted by atomic mass is 16.1. The third kappa shape index (κ3) is 1.79. The van der Waals surface area contributed by atoms with Gasteiger partial charge in [0.05, 0.1) is 5.69 Å². The molecule has 0 aliphatic rings. The van der Waals surface area contributed by atoms with Gasteiger partial charge in [0.25, 0.3) is 0 Å². The maximum atomic E-state index is 11.2. The summed E-state index contributed by atoms with van der Waals surface area (Å²) in [6, 6.07) is 5.55. The third-order valence-corrected chi connectivity index (χ3v) is 2.28. The second-order valence-electron chi connectivity index (χ2n) is 3.40. The molecule has 1 aromatic heterocycles. The molecule has 1 aromatic carbocycles. The predicted molar refractivity (Wildman–Crippen MR) is 56.1 cm³/mol. The number of nitrogens with zero attached hydrogens (tertiary/aromatic N) is 3. The highest BCUT2D eigenvalue weighted by Crippen LogP contribution is 2.15. The summed E-state index contributed by atoms with van der Waals surface area (Å²) in [6.45, 7) is 3.52. The van der Waals surface area contributed by atoms with Crippen LogP contribution in [-0.2, 0) is 0 Å². The van der Waals surface area contributed by atoms with Gasteiger partial charge in [-0.3, -0.25) is 4.79 Å². The van der Waals surface area contributed by atoms with Gasteiger partial charge in [0.2, 0.25) is 0 Å². The Balaban J connectivity index is 2.55. The normalized spacial score (nSPS) is 10.3. The van der Waals surface area contributed by atoms with Crippen LogP contribution in [0.4, 0.5) is 0 Å². The largest absolute Gasteiger partial charge is 0.295 e. The van der Waals surface area contributed by atoms with Crippen molar-refractivity contribution in [1.29, 1.82) is 0 Å². The minimum atomic E-state index is 0.0522. The van der Waals surface area contributed by atoms with Crippen LogP contribution in [0.2, 0.25) is 0 Å². The third-order valence-electron chi connectivity index (χ3n) is 2.28. The van der Waals surface area contributed by atoms with Crippen LogP contribution in [0.3, 0.4) is 0 Å². The second kappa shape index (κ2) is 3.65.